The molecular weight excluding hydrogens is 986 g/mol. The van der Waals surface area contributed by atoms with Gasteiger partial charge in [0.2, 0.25) is 0 Å². The van der Waals surface area contributed by atoms with Gasteiger partial charge < -0.3 is 5.11 Å². The van der Waals surface area contributed by atoms with Gasteiger partial charge in [-0.1, -0.05) is 164 Å². The summed E-state index contributed by atoms with van der Waals surface area (Å²) < 4.78 is 2.23. The van der Waals surface area contributed by atoms with Crippen LogP contribution < -0.4 is 0 Å². The fraction of sp³-hybridized carbons (Fsp3) is 0.180. The Hall–Kier alpha value is -6.61. The molecule has 0 atom stereocenters. The van der Waals surface area contributed by atoms with E-state index in [0.717, 1.165) is 77.7 Å². The molecule has 10 aromatic rings. The normalized spacial score (nSPS) is 12.0. The zero-order valence-electron chi connectivity index (χ0n) is 38.8. The van der Waals surface area contributed by atoms with Crippen LogP contribution in [0.1, 0.15) is 78.0 Å². The molecule has 0 radical (unpaired) electrons. The third-order valence-corrected chi connectivity index (χ3v) is 12.9. The summed E-state index contributed by atoms with van der Waals surface area (Å²) >= 11 is 0. The van der Waals surface area contributed by atoms with Crippen LogP contribution in [-0.2, 0) is 31.9 Å². The first-order chi connectivity index (χ1) is 31.2. The number of hydrogen-bond donors (Lipinski definition) is 1. The molecule has 0 fully saturated rings. The van der Waals surface area contributed by atoms with E-state index in [1.807, 2.05) is 18.3 Å². The molecule has 0 saturated carbocycles. The number of hydrogen-bond acceptors (Lipinski definition) is 3. The molecule has 0 aliphatic rings. The minimum Gasteiger partial charge on any atom is -0.507 e. The molecule has 5 heteroatoms. The number of rotatable bonds is 7. The Morgan fingerprint density at radius 1 is 0.530 bits per heavy atom. The summed E-state index contributed by atoms with van der Waals surface area (Å²) in [4.78, 5) is 10.6. The van der Waals surface area contributed by atoms with Crippen molar-refractivity contribution in [2.45, 2.75) is 72.1 Å². The minimum absolute atomic E-state index is 0. The maximum Gasteiger partial charge on any atom is 0.148 e. The minimum atomic E-state index is -0.149. The molecule has 2 aromatic heterocycles. The summed E-state index contributed by atoms with van der Waals surface area (Å²) in [7, 11) is 0. The molecule has 8 aromatic carbocycles. The van der Waals surface area contributed by atoms with E-state index in [1.165, 1.54) is 21.9 Å². The van der Waals surface area contributed by atoms with E-state index in [0.29, 0.717) is 17.3 Å². The van der Waals surface area contributed by atoms with Gasteiger partial charge in [-0.3, -0.25) is 9.55 Å². The number of nitrogens with zero attached hydrogens (tertiary/aromatic N) is 3. The molecule has 0 unspecified atom stereocenters. The van der Waals surface area contributed by atoms with Crippen LogP contribution in [0.3, 0.4) is 0 Å². The van der Waals surface area contributed by atoms with Crippen LogP contribution in [0, 0.1) is 6.07 Å². The van der Waals surface area contributed by atoms with Crippen LogP contribution in [0.25, 0.3) is 94.3 Å². The van der Waals surface area contributed by atoms with Gasteiger partial charge in [0.25, 0.3) is 0 Å². The van der Waals surface area contributed by atoms with Crippen LogP contribution in [-0.4, -0.2) is 19.6 Å². The van der Waals surface area contributed by atoms with Crippen LogP contribution in [0.2, 0.25) is 0 Å². The van der Waals surface area contributed by atoms with Gasteiger partial charge in [0.05, 0.1) is 16.6 Å². The summed E-state index contributed by atoms with van der Waals surface area (Å²) in [5, 5.41) is 15.3. The number of fused-ring (bicyclic) bond motifs is 3. The molecule has 0 bridgehead atoms. The maximum atomic E-state index is 11.8. The first-order valence-corrected chi connectivity index (χ1v) is 22.7. The summed E-state index contributed by atoms with van der Waals surface area (Å²) in [5.74, 6) is 1.18. The topological polar surface area (TPSA) is 50.9 Å². The van der Waals surface area contributed by atoms with Crippen molar-refractivity contribution < 1.29 is 26.2 Å². The standard InChI is InChI=1S/C61H54N3O.Pt/c1-38(2)50-29-30-62-57-51(33-45(35-53(50)57)39-15-10-9-11-16-39)43-19-14-20-44(32-43)52-34-46(42-22-21-40-17-12-13-18-41(40)31-42)36-55-58(52)63-59(54-37-48(61(6,7)8)25-28-56(54)65)64(55)49-26-23-47(24-27-49)60(3,4)5;/h9-31,33-38,65H,1-8H3;/q-1;. The van der Waals surface area contributed by atoms with Crippen LogP contribution in [0.4, 0.5) is 0 Å². The Morgan fingerprint density at radius 3 is 1.85 bits per heavy atom. The van der Waals surface area contributed by atoms with Crippen molar-refractivity contribution in [1.29, 1.82) is 0 Å². The van der Waals surface area contributed by atoms with Crippen LogP contribution >= 0.6 is 0 Å². The van der Waals surface area contributed by atoms with E-state index in [9.17, 15) is 5.11 Å². The fourth-order valence-electron chi connectivity index (χ4n) is 9.22. The van der Waals surface area contributed by atoms with Gasteiger partial charge in [-0.2, -0.15) is 0 Å². The van der Waals surface area contributed by atoms with Gasteiger partial charge in [-0.25, -0.2) is 4.98 Å². The third kappa shape index (κ3) is 8.29. The molecule has 0 aliphatic heterocycles. The third-order valence-electron chi connectivity index (χ3n) is 12.9. The van der Waals surface area contributed by atoms with Crippen LogP contribution in [0.5, 0.6) is 5.75 Å². The quantitative estimate of drug-likeness (QED) is 0.162. The summed E-state index contributed by atoms with van der Waals surface area (Å²) in [6, 6.07) is 62.2. The Bertz CT molecular complexity index is 3420. The molecule has 66 heavy (non-hydrogen) atoms. The average molecular weight is 1040 g/mol. The largest absolute Gasteiger partial charge is 0.507 e. The van der Waals surface area contributed by atoms with Gasteiger partial charge in [0, 0.05) is 38.5 Å². The summed E-state index contributed by atoms with van der Waals surface area (Å²) in [5.41, 5.74) is 16.1. The van der Waals surface area contributed by atoms with Gasteiger partial charge in [0.15, 0.2) is 0 Å². The van der Waals surface area contributed by atoms with Crippen molar-refractivity contribution in [3.63, 3.8) is 0 Å². The molecule has 0 aliphatic carbocycles. The van der Waals surface area contributed by atoms with E-state index < -0.39 is 0 Å². The van der Waals surface area contributed by atoms with Crippen molar-refractivity contribution >= 4 is 32.7 Å². The van der Waals surface area contributed by atoms with Crippen molar-refractivity contribution in [2.24, 2.45) is 0 Å². The van der Waals surface area contributed by atoms with E-state index in [1.54, 1.807) is 0 Å². The van der Waals surface area contributed by atoms with Crippen LogP contribution in [0.15, 0.2) is 170 Å². The number of aromatic hydroxyl groups is 1. The second kappa shape index (κ2) is 17.3. The molecular formula is C61H54N3OPt-. The Labute approximate surface area is 403 Å². The number of pyridine rings is 1. The fourth-order valence-corrected chi connectivity index (χ4v) is 9.22. The van der Waals surface area contributed by atoms with Gasteiger partial charge in [0.1, 0.15) is 11.6 Å². The molecule has 4 nitrogen and oxygen atoms in total. The maximum absolute atomic E-state index is 11.8. The van der Waals surface area contributed by atoms with E-state index in [-0.39, 0.29) is 37.6 Å². The van der Waals surface area contributed by atoms with Crippen molar-refractivity contribution in [2.75, 3.05) is 0 Å². The number of benzene rings is 8. The second-order valence-electron chi connectivity index (χ2n) is 19.8. The molecule has 330 valence electrons. The monoisotopic (exact) mass is 1040 g/mol. The molecule has 0 saturated heterocycles. The Kier molecular flexibility index (Phi) is 11.7. The first-order valence-electron chi connectivity index (χ1n) is 22.7. The molecule has 10 rings (SSSR count). The molecule has 0 spiro atoms. The van der Waals surface area contributed by atoms with Gasteiger partial charge in [-0.15, -0.1) is 35.4 Å². The second-order valence-corrected chi connectivity index (χ2v) is 19.8. The molecule has 1 N–H and O–H groups in total. The Balaban J connectivity index is 0.00000548. The number of phenols is 1. The van der Waals surface area contributed by atoms with Crippen molar-refractivity contribution in [1.82, 2.24) is 14.5 Å². The van der Waals surface area contributed by atoms with E-state index in [4.69, 9.17) is 9.97 Å². The molecule has 0 amide bonds. The predicted octanol–water partition coefficient (Wildman–Crippen LogP) is 16.3. The number of phenolic OH excluding ortho intramolecular Hbond substituents is 1. The van der Waals surface area contributed by atoms with E-state index in [2.05, 4.69) is 218 Å². The SMILES string of the molecule is CC(C)c1ccnc2c(-c3[c-]c(-c4cc(-c5ccc6ccccc6c5)cc5c4nc(-c4cc(C(C)(C)C)ccc4O)n5-c4ccc(C(C)(C)C)cc4)ccc3)cc(-c3ccccc3)cc12.[Pt]. The zero-order valence-corrected chi connectivity index (χ0v) is 41.1. The van der Waals surface area contributed by atoms with Crippen molar-refractivity contribution in [3.05, 3.63) is 193 Å². The van der Waals surface area contributed by atoms with E-state index >= 15 is 0 Å². The number of aromatic nitrogens is 3. The first kappa shape index (κ1) is 44.6. The molecule has 2 heterocycles. The smallest absolute Gasteiger partial charge is 0.148 e. The Morgan fingerprint density at radius 2 is 1.17 bits per heavy atom. The summed E-state index contributed by atoms with van der Waals surface area (Å²) in [6.45, 7) is 17.8. The van der Waals surface area contributed by atoms with Crippen molar-refractivity contribution in [3.8, 4) is 67.3 Å². The van der Waals surface area contributed by atoms with Gasteiger partial charge in [-0.05, 0) is 120 Å². The van der Waals surface area contributed by atoms with Gasteiger partial charge >= 0.3 is 0 Å². The average Bonchev–Trinajstić information content (AvgIpc) is 3.69. The zero-order chi connectivity index (χ0) is 45.2. The number of imidazole rings is 1. The summed E-state index contributed by atoms with van der Waals surface area (Å²) in [6.07, 6.45) is 1.94. The predicted molar refractivity (Wildman–Crippen MR) is 273 cm³/mol.